The molecule has 4 aromatic rings. The summed E-state index contributed by atoms with van der Waals surface area (Å²) in [6.45, 7) is 13.5. The molecule has 2 N–H and O–H groups in total. The molecule has 4 aliphatic rings. The van der Waals surface area contributed by atoms with E-state index in [4.69, 9.17) is 4.98 Å². The molecule has 2 aromatic carbocycles. The SMILES string of the molecule is C=C1NC2Nc3ccc(N(C)C4CN(C5CCN(c6cc(F)cc(F)c6)CC5)C4)cc3N2C[C@H](C)CCCCc2c(cnn2C)-c2cc1cc(C)n2. The highest BCUT2D eigenvalue weighted by molar-refractivity contribution is 5.81. The number of nitrogens with one attached hydrogen (secondary N) is 2. The number of likely N-dealkylation sites (N-methyl/N-ethyl adjacent to an activating group) is 1. The van der Waals surface area contributed by atoms with Crippen molar-refractivity contribution in [2.45, 2.75) is 70.7 Å². The van der Waals surface area contributed by atoms with Crippen LogP contribution < -0.4 is 25.3 Å². The standard InChI is InChI=1S/C41H51F2N9/c1-26-8-6-7-9-39-36(22-44-49(39)5)38-17-29(16-27(2)45-38)28(3)46-41-47-37-11-10-33(21-40(37)52(41)23-26)48(4)35-24-51(25-35)32-12-14-50(15-13-32)34-19-30(42)18-31(43)20-34/h10-11,16-22,26,32,35,41,46-47H,3,6-9,12-15,23-25H2,1-2,4-5H3/t26-,41?/m1/s1. The lowest BCUT2D eigenvalue weighted by Gasteiger charge is -2.50. The highest BCUT2D eigenvalue weighted by atomic mass is 19.1. The summed E-state index contributed by atoms with van der Waals surface area (Å²) in [5.41, 5.74) is 10.3. The number of benzene rings is 2. The Kier molecular flexibility index (Phi) is 9.32. The number of hydrogen-bond donors (Lipinski definition) is 2. The number of piperidine rings is 1. The molecule has 1 unspecified atom stereocenters. The number of pyridine rings is 1. The van der Waals surface area contributed by atoms with Gasteiger partial charge in [0.1, 0.15) is 11.6 Å². The van der Waals surface area contributed by atoms with Gasteiger partial charge in [-0.05, 0) is 87.4 Å². The molecule has 11 heteroatoms. The molecule has 2 saturated heterocycles. The number of aromatic nitrogens is 3. The van der Waals surface area contributed by atoms with Gasteiger partial charge in [0.2, 0.25) is 0 Å². The molecule has 2 fully saturated rings. The number of anilines is 4. The summed E-state index contributed by atoms with van der Waals surface area (Å²) in [5.74, 6) is -0.534. The molecule has 0 aliphatic carbocycles. The number of nitrogens with zero attached hydrogens (tertiary/aromatic N) is 7. The van der Waals surface area contributed by atoms with Gasteiger partial charge in [-0.2, -0.15) is 5.10 Å². The fourth-order valence-electron chi connectivity index (χ4n) is 8.65. The van der Waals surface area contributed by atoms with Crippen molar-refractivity contribution in [1.82, 2.24) is 25.0 Å². The van der Waals surface area contributed by atoms with Crippen LogP contribution in [0.25, 0.3) is 17.0 Å². The van der Waals surface area contributed by atoms with E-state index in [0.29, 0.717) is 23.7 Å². The van der Waals surface area contributed by atoms with Gasteiger partial charge >= 0.3 is 0 Å². The van der Waals surface area contributed by atoms with Crippen LogP contribution in [0.2, 0.25) is 0 Å². The summed E-state index contributed by atoms with van der Waals surface area (Å²) in [5, 5.41) is 12.1. The molecule has 0 amide bonds. The van der Waals surface area contributed by atoms with Gasteiger partial charge in [-0.25, -0.2) is 8.78 Å². The maximum Gasteiger partial charge on any atom is 0.176 e. The van der Waals surface area contributed by atoms with E-state index in [9.17, 15) is 8.78 Å². The molecular formula is C41H51F2N9. The minimum atomic E-state index is -0.517. The predicted octanol–water partition coefficient (Wildman–Crippen LogP) is 7.00. The van der Waals surface area contributed by atoms with Crippen LogP contribution in [0.4, 0.5) is 31.5 Å². The Morgan fingerprint density at radius 3 is 2.46 bits per heavy atom. The number of aryl methyl sites for hydroxylation is 2. The minimum absolute atomic E-state index is 0.129. The van der Waals surface area contributed by atoms with Gasteiger partial charge in [-0.3, -0.25) is 14.6 Å². The first-order valence-electron chi connectivity index (χ1n) is 18.9. The topological polar surface area (TPSA) is 67.7 Å². The van der Waals surface area contributed by atoms with Crippen molar-refractivity contribution < 1.29 is 8.78 Å². The molecular weight excluding hydrogens is 657 g/mol. The van der Waals surface area contributed by atoms with Crippen molar-refractivity contribution in [1.29, 1.82) is 0 Å². The second-order valence-corrected chi connectivity index (χ2v) is 15.5. The first-order chi connectivity index (χ1) is 25.1. The fraction of sp³-hybridized carbons (Fsp3) is 0.463. The lowest BCUT2D eigenvalue weighted by atomic mass is 9.96. The third kappa shape index (κ3) is 6.83. The van der Waals surface area contributed by atoms with Gasteiger partial charge in [0.15, 0.2) is 6.29 Å². The molecule has 2 bridgehead atoms. The van der Waals surface area contributed by atoms with Crippen molar-refractivity contribution in [3.05, 3.63) is 89.9 Å². The highest BCUT2D eigenvalue weighted by Crippen LogP contribution is 2.40. The number of halogens is 2. The van der Waals surface area contributed by atoms with Gasteiger partial charge < -0.3 is 25.3 Å². The van der Waals surface area contributed by atoms with E-state index < -0.39 is 11.6 Å². The van der Waals surface area contributed by atoms with E-state index in [1.165, 1.54) is 29.2 Å². The Bertz CT molecular complexity index is 1920. The molecule has 0 spiro atoms. The van der Waals surface area contributed by atoms with Crippen LogP contribution in [0.15, 0.2) is 61.3 Å². The average molecular weight is 708 g/mol. The third-order valence-corrected chi connectivity index (χ3v) is 11.8. The van der Waals surface area contributed by atoms with Crippen molar-refractivity contribution in [3.8, 4) is 11.3 Å². The monoisotopic (exact) mass is 707 g/mol. The molecule has 6 heterocycles. The van der Waals surface area contributed by atoms with E-state index in [1.54, 1.807) is 0 Å². The zero-order valence-electron chi connectivity index (χ0n) is 30.9. The Balaban J connectivity index is 0.953. The van der Waals surface area contributed by atoms with Crippen LogP contribution in [0.3, 0.4) is 0 Å². The second-order valence-electron chi connectivity index (χ2n) is 15.5. The van der Waals surface area contributed by atoms with Crippen LogP contribution >= 0.6 is 0 Å². The quantitative estimate of drug-likeness (QED) is 0.235. The number of rotatable bonds is 4. The van der Waals surface area contributed by atoms with Crippen LogP contribution in [0.5, 0.6) is 0 Å². The molecule has 0 radical (unpaired) electrons. The largest absolute Gasteiger partial charge is 0.371 e. The number of hydrogen-bond acceptors (Lipinski definition) is 8. The Morgan fingerprint density at radius 1 is 0.923 bits per heavy atom. The van der Waals surface area contributed by atoms with E-state index in [0.717, 1.165) is 111 Å². The van der Waals surface area contributed by atoms with E-state index >= 15 is 0 Å². The third-order valence-electron chi connectivity index (χ3n) is 11.8. The Hall–Kier alpha value is -4.64. The van der Waals surface area contributed by atoms with Crippen molar-refractivity contribution in [2.75, 3.05) is 59.8 Å². The highest BCUT2D eigenvalue weighted by Gasteiger charge is 2.37. The lowest BCUT2D eigenvalue weighted by Crippen LogP contribution is -2.63. The molecule has 8 rings (SSSR count). The van der Waals surface area contributed by atoms with Gasteiger partial charge in [-0.1, -0.05) is 19.9 Å². The van der Waals surface area contributed by atoms with Gasteiger partial charge in [-0.15, -0.1) is 0 Å². The fourth-order valence-corrected chi connectivity index (χ4v) is 8.65. The van der Waals surface area contributed by atoms with E-state index in [1.807, 2.05) is 24.9 Å². The summed E-state index contributed by atoms with van der Waals surface area (Å²) in [6.07, 6.45) is 8.20. The maximum atomic E-state index is 13.8. The smallest absolute Gasteiger partial charge is 0.176 e. The summed E-state index contributed by atoms with van der Waals surface area (Å²) in [4.78, 5) is 14.5. The van der Waals surface area contributed by atoms with E-state index in [-0.39, 0.29) is 6.29 Å². The van der Waals surface area contributed by atoms with Crippen LogP contribution in [-0.2, 0) is 13.5 Å². The molecule has 274 valence electrons. The first kappa shape index (κ1) is 34.4. The molecule has 4 aliphatic heterocycles. The summed E-state index contributed by atoms with van der Waals surface area (Å²) in [7, 11) is 4.25. The van der Waals surface area contributed by atoms with Crippen molar-refractivity contribution in [2.24, 2.45) is 13.0 Å². The van der Waals surface area contributed by atoms with Gasteiger partial charge in [0, 0.05) is 98.5 Å². The van der Waals surface area contributed by atoms with Crippen LogP contribution in [0.1, 0.15) is 56.0 Å². The second kappa shape index (κ2) is 14.1. The van der Waals surface area contributed by atoms with Crippen LogP contribution in [0, 0.1) is 24.5 Å². The molecule has 9 nitrogen and oxygen atoms in total. The first-order valence-corrected chi connectivity index (χ1v) is 18.9. The Labute approximate surface area is 306 Å². The maximum absolute atomic E-state index is 13.8. The van der Waals surface area contributed by atoms with E-state index in [2.05, 4.69) is 86.2 Å². The number of fused-ring (bicyclic) bond motifs is 7. The lowest BCUT2D eigenvalue weighted by molar-refractivity contribution is 0.0770. The minimum Gasteiger partial charge on any atom is -0.371 e. The average Bonchev–Trinajstić information content (AvgIpc) is 3.63. The summed E-state index contributed by atoms with van der Waals surface area (Å²) >= 11 is 0. The normalized spacial score (nSPS) is 21.6. The zero-order valence-corrected chi connectivity index (χ0v) is 30.9. The van der Waals surface area contributed by atoms with Crippen molar-refractivity contribution >= 4 is 28.4 Å². The number of likely N-dealkylation sites (tertiary alicyclic amines) is 1. The van der Waals surface area contributed by atoms with Gasteiger partial charge in [0.05, 0.1) is 29.3 Å². The predicted molar refractivity (Wildman–Crippen MR) is 207 cm³/mol. The van der Waals surface area contributed by atoms with Gasteiger partial charge in [0.25, 0.3) is 0 Å². The molecule has 2 aromatic heterocycles. The zero-order chi connectivity index (χ0) is 36.1. The molecule has 52 heavy (non-hydrogen) atoms. The molecule has 0 saturated carbocycles. The Morgan fingerprint density at radius 2 is 1.69 bits per heavy atom. The molecule has 2 atom stereocenters. The summed E-state index contributed by atoms with van der Waals surface area (Å²) in [6, 6.07) is 15.8. The van der Waals surface area contributed by atoms with Crippen LogP contribution in [-0.4, -0.2) is 77.8 Å². The summed E-state index contributed by atoms with van der Waals surface area (Å²) < 4.78 is 29.6. The van der Waals surface area contributed by atoms with Crippen molar-refractivity contribution in [3.63, 3.8) is 0 Å².